The van der Waals surface area contributed by atoms with Crippen molar-refractivity contribution in [1.29, 1.82) is 5.26 Å². The molecule has 3 rings (SSSR count). The zero-order valence-corrected chi connectivity index (χ0v) is 17.1. The minimum absolute atomic E-state index is 0.104. The summed E-state index contributed by atoms with van der Waals surface area (Å²) in [4.78, 5) is 14.5. The largest absolute Gasteiger partial charge is 0.311 e. The SMILES string of the molecule is C=CCn1c(SCC(=O)N(CCC#N)c2ccccc2)nnc1-c1ccccc1F. The van der Waals surface area contributed by atoms with E-state index in [4.69, 9.17) is 5.26 Å². The lowest BCUT2D eigenvalue weighted by Crippen LogP contribution is -2.33. The first kappa shape index (κ1) is 21.3. The molecule has 0 aliphatic carbocycles. The first-order valence-corrected chi connectivity index (χ1v) is 10.3. The number of halogens is 1. The number of carbonyl (C=O) groups is 1. The molecule has 1 heterocycles. The first-order chi connectivity index (χ1) is 14.7. The average molecular weight is 422 g/mol. The number of rotatable bonds is 9. The summed E-state index contributed by atoms with van der Waals surface area (Å²) in [6.07, 6.45) is 1.90. The van der Waals surface area contributed by atoms with E-state index < -0.39 is 5.82 Å². The van der Waals surface area contributed by atoms with E-state index in [0.29, 0.717) is 29.6 Å². The molecule has 152 valence electrons. The Morgan fingerprint density at radius 2 is 1.93 bits per heavy atom. The molecule has 0 aliphatic heterocycles. The molecule has 6 nitrogen and oxygen atoms in total. The third-order valence-electron chi connectivity index (χ3n) is 4.28. The smallest absolute Gasteiger partial charge is 0.237 e. The van der Waals surface area contributed by atoms with Crippen molar-refractivity contribution in [3.8, 4) is 17.5 Å². The number of allylic oxidation sites excluding steroid dienone is 1. The molecule has 0 saturated heterocycles. The van der Waals surface area contributed by atoms with Crippen LogP contribution in [0, 0.1) is 17.1 Å². The molecule has 0 bridgehead atoms. The van der Waals surface area contributed by atoms with Crippen LogP contribution < -0.4 is 4.90 Å². The summed E-state index contributed by atoms with van der Waals surface area (Å²) in [5.41, 5.74) is 1.07. The molecule has 0 fully saturated rings. The Balaban J connectivity index is 1.80. The summed E-state index contributed by atoms with van der Waals surface area (Å²) in [6.45, 7) is 4.43. The number of benzene rings is 2. The second-order valence-corrected chi connectivity index (χ2v) is 7.21. The molecule has 0 aliphatic rings. The van der Waals surface area contributed by atoms with Crippen LogP contribution in [0.25, 0.3) is 11.4 Å². The van der Waals surface area contributed by atoms with E-state index in [0.717, 1.165) is 5.69 Å². The van der Waals surface area contributed by atoms with Crippen molar-refractivity contribution in [2.45, 2.75) is 18.1 Å². The van der Waals surface area contributed by atoms with Gasteiger partial charge in [0.05, 0.1) is 23.8 Å². The number of anilines is 1. The third-order valence-corrected chi connectivity index (χ3v) is 5.24. The van der Waals surface area contributed by atoms with Crippen molar-refractivity contribution in [3.63, 3.8) is 0 Å². The standard InChI is InChI=1S/C22H20FN5OS/c1-2-14-28-21(18-11-6-7-12-19(18)23)25-26-22(28)30-16-20(29)27(15-8-13-24)17-9-4-3-5-10-17/h2-7,9-12H,1,8,14-16H2. The van der Waals surface area contributed by atoms with Crippen molar-refractivity contribution in [1.82, 2.24) is 14.8 Å². The Hall–Kier alpha value is -3.44. The van der Waals surface area contributed by atoms with E-state index in [1.54, 1.807) is 33.7 Å². The summed E-state index contributed by atoms with van der Waals surface area (Å²) in [5.74, 6) is -0.0589. The number of thioether (sulfide) groups is 1. The van der Waals surface area contributed by atoms with Crippen LogP contribution in [0.4, 0.5) is 10.1 Å². The topological polar surface area (TPSA) is 74.8 Å². The fourth-order valence-electron chi connectivity index (χ4n) is 2.90. The molecule has 2 aromatic carbocycles. The maximum Gasteiger partial charge on any atom is 0.237 e. The van der Waals surface area contributed by atoms with Gasteiger partial charge in [-0.2, -0.15) is 5.26 Å². The molecular formula is C22H20FN5OS. The van der Waals surface area contributed by atoms with Gasteiger partial charge in [0.2, 0.25) is 5.91 Å². The minimum atomic E-state index is -0.394. The van der Waals surface area contributed by atoms with Gasteiger partial charge in [0.25, 0.3) is 0 Å². The van der Waals surface area contributed by atoms with E-state index in [1.807, 2.05) is 30.3 Å². The zero-order valence-electron chi connectivity index (χ0n) is 16.2. The Kier molecular flexibility index (Phi) is 7.35. The van der Waals surface area contributed by atoms with Crippen LogP contribution in [0.3, 0.4) is 0 Å². The molecule has 0 radical (unpaired) electrons. The Morgan fingerprint density at radius 3 is 2.63 bits per heavy atom. The van der Waals surface area contributed by atoms with Crippen LogP contribution in [0.5, 0.6) is 0 Å². The minimum Gasteiger partial charge on any atom is -0.311 e. The summed E-state index contributed by atoms with van der Waals surface area (Å²) < 4.78 is 16.0. The molecular weight excluding hydrogens is 401 g/mol. The van der Waals surface area contributed by atoms with Crippen molar-refractivity contribution in [2.75, 3.05) is 17.2 Å². The molecule has 0 atom stereocenters. The molecule has 8 heteroatoms. The highest BCUT2D eigenvalue weighted by Gasteiger charge is 2.20. The van der Waals surface area contributed by atoms with E-state index in [2.05, 4.69) is 22.8 Å². The first-order valence-electron chi connectivity index (χ1n) is 9.30. The average Bonchev–Trinajstić information content (AvgIpc) is 3.16. The van der Waals surface area contributed by atoms with E-state index >= 15 is 0 Å². The number of nitrogens with zero attached hydrogens (tertiary/aromatic N) is 5. The summed E-state index contributed by atoms with van der Waals surface area (Å²) in [6, 6.07) is 17.6. The van der Waals surface area contributed by atoms with Gasteiger partial charge >= 0.3 is 0 Å². The van der Waals surface area contributed by atoms with Crippen LogP contribution in [0.1, 0.15) is 6.42 Å². The zero-order chi connectivity index (χ0) is 21.3. The summed E-state index contributed by atoms with van der Waals surface area (Å²) in [7, 11) is 0. The molecule has 0 N–H and O–H groups in total. The quantitative estimate of drug-likeness (QED) is 0.380. The van der Waals surface area contributed by atoms with Crippen LogP contribution in [0.15, 0.2) is 72.4 Å². The van der Waals surface area contributed by atoms with Gasteiger partial charge in [0.15, 0.2) is 11.0 Å². The molecule has 0 saturated carbocycles. The van der Waals surface area contributed by atoms with E-state index in [1.165, 1.54) is 17.8 Å². The van der Waals surface area contributed by atoms with Gasteiger partial charge in [-0.05, 0) is 24.3 Å². The van der Waals surface area contributed by atoms with Gasteiger partial charge in [-0.1, -0.05) is 48.2 Å². The number of nitriles is 1. The summed E-state index contributed by atoms with van der Waals surface area (Å²) >= 11 is 1.22. The lowest BCUT2D eigenvalue weighted by atomic mass is 10.2. The summed E-state index contributed by atoms with van der Waals surface area (Å²) in [5, 5.41) is 17.7. The third kappa shape index (κ3) is 4.93. The van der Waals surface area contributed by atoms with Gasteiger partial charge < -0.3 is 4.90 Å². The van der Waals surface area contributed by atoms with Crippen LogP contribution in [-0.4, -0.2) is 33.0 Å². The Bertz CT molecular complexity index is 1060. The van der Waals surface area contributed by atoms with Gasteiger partial charge in [-0.25, -0.2) is 4.39 Å². The van der Waals surface area contributed by atoms with Gasteiger partial charge in [-0.3, -0.25) is 9.36 Å². The highest BCUT2D eigenvalue weighted by atomic mass is 32.2. The van der Waals surface area contributed by atoms with Crippen molar-refractivity contribution >= 4 is 23.4 Å². The second kappa shape index (κ2) is 10.4. The fraction of sp³-hybridized carbons (Fsp3) is 0.182. The predicted molar refractivity (Wildman–Crippen MR) is 115 cm³/mol. The number of amides is 1. The molecule has 3 aromatic rings. The monoisotopic (exact) mass is 421 g/mol. The van der Waals surface area contributed by atoms with Crippen LogP contribution in [-0.2, 0) is 11.3 Å². The molecule has 0 spiro atoms. The Morgan fingerprint density at radius 1 is 1.20 bits per heavy atom. The van der Waals surface area contributed by atoms with Crippen molar-refractivity contribution in [2.24, 2.45) is 0 Å². The van der Waals surface area contributed by atoms with Crippen LogP contribution >= 0.6 is 11.8 Å². The number of carbonyl (C=O) groups excluding carboxylic acids is 1. The predicted octanol–water partition coefficient (Wildman–Crippen LogP) is 4.31. The second-order valence-electron chi connectivity index (χ2n) is 6.26. The maximum atomic E-state index is 14.2. The molecule has 0 unspecified atom stereocenters. The molecule has 1 amide bonds. The normalized spacial score (nSPS) is 10.4. The highest BCUT2D eigenvalue weighted by Crippen LogP contribution is 2.26. The lowest BCUT2D eigenvalue weighted by Gasteiger charge is -2.21. The number of aromatic nitrogens is 3. The molecule has 30 heavy (non-hydrogen) atoms. The molecule has 1 aromatic heterocycles. The highest BCUT2D eigenvalue weighted by molar-refractivity contribution is 7.99. The van der Waals surface area contributed by atoms with Gasteiger partial charge in [0, 0.05) is 18.8 Å². The van der Waals surface area contributed by atoms with E-state index in [9.17, 15) is 9.18 Å². The van der Waals surface area contributed by atoms with Crippen LogP contribution in [0.2, 0.25) is 0 Å². The van der Waals surface area contributed by atoms with Crippen molar-refractivity contribution in [3.05, 3.63) is 73.1 Å². The lowest BCUT2D eigenvalue weighted by molar-refractivity contribution is -0.116. The Labute approximate surface area is 178 Å². The number of hydrogen-bond acceptors (Lipinski definition) is 5. The maximum absolute atomic E-state index is 14.2. The number of hydrogen-bond donors (Lipinski definition) is 0. The van der Waals surface area contributed by atoms with Gasteiger partial charge in [-0.15, -0.1) is 16.8 Å². The van der Waals surface area contributed by atoms with E-state index in [-0.39, 0.29) is 18.1 Å². The van der Waals surface area contributed by atoms with Crippen molar-refractivity contribution < 1.29 is 9.18 Å². The number of para-hydroxylation sites is 1. The fourth-order valence-corrected chi connectivity index (χ4v) is 3.73. The van der Waals surface area contributed by atoms with Gasteiger partial charge in [0.1, 0.15) is 5.82 Å².